The lowest BCUT2D eigenvalue weighted by molar-refractivity contribution is 0.0690. The predicted molar refractivity (Wildman–Crippen MR) is 70.7 cm³/mol. The number of rotatable bonds is 5. The van der Waals surface area contributed by atoms with Crippen LogP contribution in [0.2, 0.25) is 0 Å². The van der Waals surface area contributed by atoms with Gasteiger partial charge in [0.05, 0.1) is 7.11 Å². The summed E-state index contributed by atoms with van der Waals surface area (Å²) in [5.74, 6) is -1.62. The van der Waals surface area contributed by atoms with Gasteiger partial charge in [-0.2, -0.15) is 0 Å². The van der Waals surface area contributed by atoms with Crippen molar-refractivity contribution in [1.82, 2.24) is 0 Å². The van der Waals surface area contributed by atoms with Crippen molar-refractivity contribution in [3.05, 3.63) is 59.4 Å². The van der Waals surface area contributed by atoms with Crippen LogP contribution in [0.25, 0.3) is 0 Å². The first kappa shape index (κ1) is 13.9. The Morgan fingerprint density at radius 1 is 1.20 bits per heavy atom. The van der Waals surface area contributed by atoms with Crippen molar-refractivity contribution >= 4 is 5.97 Å². The fourth-order valence-electron chi connectivity index (χ4n) is 1.80. The highest BCUT2D eigenvalue weighted by atomic mass is 19.1. The molecule has 0 radical (unpaired) electrons. The molecule has 0 aromatic heterocycles. The van der Waals surface area contributed by atoms with Gasteiger partial charge in [0.25, 0.3) is 0 Å². The van der Waals surface area contributed by atoms with E-state index in [2.05, 4.69) is 0 Å². The number of para-hydroxylation sites is 2. The number of methoxy groups -OCH3 is 1. The lowest BCUT2D eigenvalue weighted by Gasteiger charge is -2.12. The summed E-state index contributed by atoms with van der Waals surface area (Å²) in [6.45, 7) is 0.0191. The molecule has 0 unspecified atom stereocenters. The summed E-state index contributed by atoms with van der Waals surface area (Å²) < 4.78 is 24.1. The second kappa shape index (κ2) is 6.06. The van der Waals surface area contributed by atoms with Crippen LogP contribution in [0, 0.1) is 5.82 Å². The Morgan fingerprint density at radius 3 is 2.65 bits per heavy atom. The second-order valence-corrected chi connectivity index (χ2v) is 4.02. The molecule has 0 saturated carbocycles. The summed E-state index contributed by atoms with van der Waals surface area (Å²) in [7, 11) is 1.52. The highest BCUT2D eigenvalue weighted by Crippen LogP contribution is 2.25. The molecule has 2 aromatic carbocycles. The van der Waals surface area contributed by atoms with E-state index in [9.17, 15) is 9.18 Å². The fourth-order valence-corrected chi connectivity index (χ4v) is 1.80. The molecule has 104 valence electrons. The SMILES string of the molecule is COc1ccccc1COc1c(F)cccc1C(=O)O. The number of hydrogen-bond acceptors (Lipinski definition) is 3. The molecule has 4 nitrogen and oxygen atoms in total. The lowest BCUT2D eigenvalue weighted by Crippen LogP contribution is -2.06. The van der Waals surface area contributed by atoms with Gasteiger partial charge in [-0.1, -0.05) is 24.3 Å². The summed E-state index contributed by atoms with van der Waals surface area (Å²) in [6.07, 6.45) is 0. The van der Waals surface area contributed by atoms with Gasteiger partial charge < -0.3 is 14.6 Å². The zero-order valence-electron chi connectivity index (χ0n) is 10.8. The number of benzene rings is 2. The Bertz CT molecular complexity index is 625. The van der Waals surface area contributed by atoms with E-state index in [0.29, 0.717) is 11.3 Å². The molecule has 0 aliphatic rings. The number of halogens is 1. The van der Waals surface area contributed by atoms with Crippen LogP contribution in [0.3, 0.4) is 0 Å². The van der Waals surface area contributed by atoms with Gasteiger partial charge in [0.2, 0.25) is 0 Å². The number of carboxylic acids is 1. The van der Waals surface area contributed by atoms with E-state index in [-0.39, 0.29) is 17.9 Å². The average molecular weight is 276 g/mol. The summed E-state index contributed by atoms with van der Waals surface area (Å²) in [5.41, 5.74) is 0.495. The molecule has 0 atom stereocenters. The maximum Gasteiger partial charge on any atom is 0.339 e. The minimum atomic E-state index is -1.24. The number of aromatic carboxylic acids is 1. The van der Waals surface area contributed by atoms with Gasteiger partial charge in [-0.15, -0.1) is 0 Å². The van der Waals surface area contributed by atoms with Crippen molar-refractivity contribution in [1.29, 1.82) is 0 Å². The summed E-state index contributed by atoms with van der Waals surface area (Å²) in [4.78, 5) is 11.0. The van der Waals surface area contributed by atoms with Crippen LogP contribution in [0.1, 0.15) is 15.9 Å². The molecule has 20 heavy (non-hydrogen) atoms. The minimum Gasteiger partial charge on any atom is -0.496 e. The Labute approximate surface area is 115 Å². The van der Waals surface area contributed by atoms with E-state index in [1.54, 1.807) is 24.3 Å². The van der Waals surface area contributed by atoms with Gasteiger partial charge in [-0.3, -0.25) is 0 Å². The topological polar surface area (TPSA) is 55.8 Å². The highest BCUT2D eigenvalue weighted by molar-refractivity contribution is 5.90. The van der Waals surface area contributed by atoms with Crippen molar-refractivity contribution in [2.45, 2.75) is 6.61 Å². The van der Waals surface area contributed by atoms with Crippen LogP contribution in [0.4, 0.5) is 4.39 Å². The number of carboxylic acid groups (broad SMARTS) is 1. The van der Waals surface area contributed by atoms with Crippen molar-refractivity contribution in [3.8, 4) is 11.5 Å². The average Bonchev–Trinajstić information content (AvgIpc) is 2.46. The molecule has 5 heteroatoms. The Hall–Kier alpha value is -2.56. The second-order valence-electron chi connectivity index (χ2n) is 4.02. The molecule has 0 saturated heterocycles. The fraction of sp³-hybridized carbons (Fsp3) is 0.133. The molecule has 0 amide bonds. The van der Waals surface area contributed by atoms with Crippen molar-refractivity contribution in [2.75, 3.05) is 7.11 Å². The molecule has 0 heterocycles. The van der Waals surface area contributed by atoms with E-state index in [4.69, 9.17) is 14.6 Å². The summed E-state index contributed by atoms with van der Waals surface area (Å²) >= 11 is 0. The minimum absolute atomic E-state index is 0.0191. The van der Waals surface area contributed by atoms with Crippen LogP contribution < -0.4 is 9.47 Å². The van der Waals surface area contributed by atoms with Gasteiger partial charge in [-0.25, -0.2) is 9.18 Å². The van der Waals surface area contributed by atoms with Gasteiger partial charge in [0.15, 0.2) is 11.6 Å². The van der Waals surface area contributed by atoms with E-state index >= 15 is 0 Å². The third-order valence-electron chi connectivity index (χ3n) is 2.76. The molecule has 0 bridgehead atoms. The highest BCUT2D eigenvalue weighted by Gasteiger charge is 2.16. The normalized spacial score (nSPS) is 10.1. The van der Waals surface area contributed by atoms with E-state index in [1.807, 2.05) is 0 Å². The van der Waals surface area contributed by atoms with Crippen LogP contribution >= 0.6 is 0 Å². The number of ether oxygens (including phenoxy) is 2. The monoisotopic (exact) mass is 276 g/mol. The zero-order valence-corrected chi connectivity index (χ0v) is 10.8. The number of hydrogen-bond donors (Lipinski definition) is 1. The molecule has 2 aromatic rings. The maximum atomic E-state index is 13.7. The Kier molecular flexibility index (Phi) is 4.20. The summed E-state index contributed by atoms with van der Waals surface area (Å²) in [6, 6.07) is 10.9. The molecule has 2 rings (SSSR count). The first-order chi connectivity index (χ1) is 9.63. The van der Waals surface area contributed by atoms with Crippen molar-refractivity contribution in [3.63, 3.8) is 0 Å². The van der Waals surface area contributed by atoms with Crippen LogP contribution in [-0.4, -0.2) is 18.2 Å². The van der Waals surface area contributed by atoms with Gasteiger partial charge in [0, 0.05) is 5.56 Å². The van der Waals surface area contributed by atoms with E-state index < -0.39 is 11.8 Å². The van der Waals surface area contributed by atoms with Crippen LogP contribution in [-0.2, 0) is 6.61 Å². The van der Waals surface area contributed by atoms with Gasteiger partial charge in [-0.05, 0) is 18.2 Å². The predicted octanol–water partition coefficient (Wildman–Crippen LogP) is 3.11. The zero-order chi connectivity index (χ0) is 14.5. The third-order valence-corrected chi connectivity index (χ3v) is 2.76. The maximum absolute atomic E-state index is 13.7. The molecule has 0 aliphatic heterocycles. The standard InChI is InChI=1S/C15H13FO4/c1-19-13-8-3-2-5-10(13)9-20-14-11(15(17)18)6-4-7-12(14)16/h2-8H,9H2,1H3,(H,17,18). The first-order valence-corrected chi connectivity index (χ1v) is 5.90. The number of carbonyl (C=O) groups is 1. The summed E-state index contributed by atoms with van der Waals surface area (Å²) in [5, 5.41) is 9.02. The van der Waals surface area contributed by atoms with E-state index in [1.165, 1.54) is 19.2 Å². The quantitative estimate of drug-likeness (QED) is 0.911. The smallest absolute Gasteiger partial charge is 0.339 e. The molecular weight excluding hydrogens is 263 g/mol. The van der Waals surface area contributed by atoms with Crippen molar-refractivity contribution < 1.29 is 23.8 Å². The van der Waals surface area contributed by atoms with Crippen molar-refractivity contribution in [2.24, 2.45) is 0 Å². The van der Waals surface area contributed by atoms with Gasteiger partial charge >= 0.3 is 5.97 Å². The van der Waals surface area contributed by atoms with Crippen LogP contribution in [0.5, 0.6) is 11.5 Å². The lowest BCUT2D eigenvalue weighted by atomic mass is 10.2. The largest absolute Gasteiger partial charge is 0.496 e. The Morgan fingerprint density at radius 2 is 1.95 bits per heavy atom. The molecule has 0 aliphatic carbocycles. The molecule has 0 fully saturated rings. The van der Waals surface area contributed by atoms with E-state index in [0.717, 1.165) is 6.07 Å². The molecular formula is C15H13FO4. The Balaban J connectivity index is 2.25. The van der Waals surface area contributed by atoms with Crippen LogP contribution in [0.15, 0.2) is 42.5 Å². The molecule has 1 N–H and O–H groups in total. The molecule has 0 spiro atoms. The van der Waals surface area contributed by atoms with Gasteiger partial charge in [0.1, 0.15) is 17.9 Å². The third kappa shape index (κ3) is 2.88. The first-order valence-electron chi connectivity index (χ1n) is 5.90.